The molecule has 0 saturated carbocycles. The molecule has 0 aromatic heterocycles. The van der Waals surface area contributed by atoms with E-state index in [-0.39, 0.29) is 18.6 Å². The van der Waals surface area contributed by atoms with Gasteiger partial charge in [-0.2, -0.15) is 0 Å². The summed E-state index contributed by atoms with van der Waals surface area (Å²) in [6.07, 6.45) is 1.06. The Morgan fingerprint density at radius 3 is 2.88 bits per heavy atom. The van der Waals surface area contributed by atoms with E-state index in [2.05, 4.69) is 18.7 Å². The summed E-state index contributed by atoms with van der Waals surface area (Å²) in [5.74, 6) is 0.0994. The zero-order valence-corrected chi connectivity index (χ0v) is 10.8. The number of nitrogens with two attached hydrogens (primary N) is 1. The summed E-state index contributed by atoms with van der Waals surface area (Å²) in [6, 6.07) is 0.934. The molecule has 2 fully saturated rings. The molecule has 0 radical (unpaired) electrons. The highest BCUT2D eigenvalue weighted by Crippen LogP contribution is 2.22. The van der Waals surface area contributed by atoms with Gasteiger partial charge in [0.2, 0.25) is 5.91 Å². The molecule has 98 valence electrons. The van der Waals surface area contributed by atoms with Gasteiger partial charge in [0, 0.05) is 31.7 Å². The van der Waals surface area contributed by atoms with Gasteiger partial charge in [-0.15, -0.1) is 0 Å². The maximum atomic E-state index is 12.0. The summed E-state index contributed by atoms with van der Waals surface area (Å²) in [7, 11) is 0. The first-order valence-electron chi connectivity index (χ1n) is 6.46. The van der Waals surface area contributed by atoms with E-state index in [4.69, 9.17) is 10.5 Å². The average Bonchev–Trinajstić information content (AvgIpc) is 2.77. The van der Waals surface area contributed by atoms with Gasteiger partial charge in [0.15, 0.2) is 0 Å². The Morgan fingerprint density at radius 2 is 2.29 bits per heavy atom. The van der Waals surface area contributed by atoms with Crippen molar-refractivity contribution < 1.29 is 9.53 Å². The fourth-order valence-corrected chi connectivity index (χ4v) is 2.79. The second-order valence-corrected chi connectivity index (χ2v) is 5.24. The van der Waals surface area contributed by atoms with Gasteiger partial charge in [-0.1, -0.05) is 0 Å². The van der Waals surface area contributed by atoms with Gasteiger partial charge in [0.05, 0.1) is 12.6 Å². The SMILES string of the molecule is CC(C)N1CCC(N2C(=O)COCC2CN)C1. The van der Waals surface area contributed by atoms with Gasteiger partial charge in [-0.05, 0) is 20.3 Å². The number of nitrogens with zero attached hydrogens (tertiary/aromatic N) is 2. The minimum Gasteiger partial charge on any atom is -0.369 e. The Morgan fingerprint density at radius 1 is 1.53 bits per heavy atom. The number of ether oxygens (including phenoxy) is 1. The van der Waals surface area contributed by atoms with Crippen molar-refractivity contribution >= 4 is 5.91 Å². The number of hydrogen-bond acceptors (Lipinski definition) is 4. The molecular formula is C12H23N3O2. The summed E-state index contributed by atoms with van der Waals surface area (Å²) < 4.78 is 5.26. The van der Waals surface area contributed by atoms with E-state index in [0.717, 1.165) is 19.5 Å². The van der Waals surface area contributed by atoms with Crippen LogP contribution in [0.15, 0.2) is 0 Å². The minimum absolute atomic E-state index is 0.0633. The topological polar surface area (TPSA) is 58.8 Å². The molecule has 2 aliphatic rings. The molecule has 17 heavy (non-hydrogen) atoms. The van der Waals surface area contributed by atoms with Crippen molar-refractivity contribution in [1.29, 1.82) is 0 Å². The van der Waals surface area contributed by atoms with Crippen LogP contribution in [0.1, 0.15) is 20.3 Å². The van der Waals surface area contributed by atoms with Gasteiger partial charge >= 0.3 is 0 Å². The predicted molar refractivity (Wildman–Crippen MR) is 65.6 cm³/mol. The molecule has 5 heteroatoms. The molecule has 0 aliphatic carbocycles. The van der Waals surface area contributed by atoms with Crippen LogP contribution in [0.25, 0.3) is 0 Å². The Kier molecular flexibility index (Phi) is 4.01. The normalized spacial score (nSPS) is 31.5. The standard InChI is InChI=1S/C12H23N3O2/c1-9(2)14-4-3-10(6-14)15-11(5-13)7-17-8-12(15)16/h9-11H,3-8,13H2,1-2H3. The number of rotatable bonds is 3. The molecule has 0 aromatic carbocycles. The summed E-state index contributed by atoms with van der Waals surface area (Å²) in [6.45, 7) is 7.73. The molecule has 2 unspecified atom stereocenters. The monoisotopic (exact) mass is 241 g/mol. The molecule has 2 saturated heterocycles. The van der Waals surface area contributed by atoms with Crippen molar-refractivity contribution in [3.8, 4) is 0 Å². The number of amides is 1. The van der Waals surface area contributed by atoms with E-state index >= 15 is 0 Å². The molecule has 2 atom stereocenters. The van der Waals surface area contributed by atoms with Gasteiger partial charge in [-0.3, -0.25) is 9.69 Å². The van der Waals surface area contributed by atoms with E-state index in [0.29, 0.717) is 25.2 Å². The van der Waals surface area contributed by atoms with E-state index in [1.807, 2.05) is 4.90 Å². The van der Waals surface area contributed by atoms with Crippen LogP contribution in [0.5, 0.6) is 0 Å². The van der Waals surface area contributed by atoms with Gasteiger partial charge in [-0.25, -0.2) is 0 Å². The van der Waals surface area contributed by atoms with Crippen LogP contribution in [0, 0.1) is 0 Å². The number of carbonyl (C=O) groups excluding carboxylic acids is 1. The van der Waals surface area contributed by atoms with Crippen LogP contribution < -0.4 is 5.73 Å². The molecular weight excluding hydrogens is 218 g/mol. The van der Waals surface area contributed by atoms with E-state index in [1.54, 1.807) is 0 Å². The predicted octanol–water partition coefficient (Wildman–Crippen LogP) is -0.345. The fraction of sp³-hybridized carbons (Fsp3) is 0.917. The third-order valence-electron chi connectivity index (χ3n) is 3.81. The Hall–Kier alpha value is -0.650. The lowest BCUT2D eigenvalue weighted by molar-refractivity contribution is -0.151. The smallest absolute Gasteiger partial charge is 0.249 e. The summed E-state index contributed by atoms with van der Waals surface area (Å²) in [5, 5.41) is 0. The molecule has 5 nitrogen and oxygen atoms in total. The molecule has 1 amide bonds. The fourth-order valence-electron chi connectivity index (χ4n) is 2.79. The largest absolute Gasteiger partial charge is 0.369 e. The molecule has 0 bridgehead atoms. The van der Waals surface area contributed by atoms with Crippen LogP contribution in [0.3, 0.4) is 0 Å². The zero-order valence-electron chi connectivity index (χ0n) is 10.8. The van der Waals surface area contributed by atoms with Crippen LogP contribution >= 0.6 is 0 Å². The van der Waals surface area contributed by atoms with E-state index < -0.39 is 0 Å². The first kappa shape index (κ1) is 12.8. The number of hydrogen-bond donors (Lipinski definition) is 1. The average molecular weight is 241 g/mol. The zero-order chi connectivity index (χ0) is 12.4. The first-order valence-corrected chi connectivity index (χ1v) is 6.46. The maximum Gasteiger partial charge on any atom is 0.249 e. The summed E-state index contributed by atoms with van der Waals surface area (Å²) in [5.41, 5.74) is 5.73. The number of carbonyl (C=O) groups is 1. The first-order chi connectivity index (χ1) is 8.13. The minimum atomic E-state index is 0.0633. The highest BCUT2D eigenvalue weighted by Gasteiger charge is 2.37. The van der Waals surface area contributed by atoms with E-state index in [1.165, 1.54) is 0 Å². The molecule has 0 aromatic rings. The second kappa shape index (κ2) is 5.33. The lowest BCUT2D eigenvalue weighted by Crippen LogP contribution is -2.57. The number of morpholine rings is 1. The number of likely N-dealkylation sites (tertiary alicyclic amines) is 1. The van der Waals surface area contributed by atoms with Crippen LogP contribution in [-0.4, -0.2) is 66.7 Å². The molecule has 0 spiro atoms. The molecule has 2 heterocycles. The third kappa shape index (κ3) is 2.61. The van der Waals surface area contributed by atoms with Crippen molar-refractivity contribution in [2.24, 2.45) is 5.73 Å². The van der Waals surface area contributed by atoms with Crippen LogP contribution in [-0.2, 0) is 9.53 Å². The molecule has 2 N–H and O–H groups in total. The van der Waals surface area contributed by atoms with Crippen LogP contribution in [0.4, 0.5) is 0 Å². The summed E-state index contributed by atoms with van der Waals surface area (Å²) >= 11 is 0. The van der Waals surface area contributed by atoms with Gasteiger partial charge in [0.1, 0.15) is 6.61 Å². The quantitative estimate of drug-likeness (QED) is 0.734. The molecule has 2 aliphatic heterocycles. The van der Waals surface area contributed by atoms with Crippen molar-refractivity contribution in [2.75, 3.05) is 32.8 Å². The summed E-state index contributed by atoms with van der Waals surface area (Å²) in [4.78, 5) is 16.3. The van der Waals surface area contributed by atoms with Crippen molar-refractivity contribution in [3.05, 3.63) is 0 Å². The Bertz CT molecular complexity index is 283. The lowest BCUT2D eigenvalue weighted by atomic mass is 10.1. The van der Waals surface area contributed by atoms with Gasteiger partial charge in [0.25, 0.3) is 0 Å². The highest BCUT2D eigenvalue weighted by molar-refractivity contribution is 5.79. The van der Waals surface area contributed by atoms with Crippen molar-refractivity contribution in [1.82, 2.24) is 9.80 Å². The lowest BCUT2D eigenvalue weighted by Gasteiger charge is -2.39. The van der Waals surface area contributed by atoms with Crippen molar-refractivity contribution in [2.45, 2.75) is 38.4 Å². The Labute approximate surface area is 103 Å². The van der Waals surface area contributed by atoms with Crippen LogP contribution in [0.2, 0.25) is 0 Å². The molecule has 2 rings (SSSR count). The Balaban J connectivity index is 2.02. The maximum absolute atomic E-state index is 12.0. The van der Waals surface area contributed by atoms with Crippen molar-refractivity contribution in [3.63, 3.8) is 0 Å². The van der Waals surface area contributed by atoms with Gasteiger partial charge < -0.3 is 15.4 Å². The third-order valence-corrected chi connectivity index (χ3v) is 3.81. The second-order valence-electron chi connectivity index (χ2n) is 5.24. The highest BCUT2D eigenvalue weighted by atomic mass is 16.5. The van der Waals surface area contributed by atoms with E-state index in [9.17, 15) is 4.79 Å².